The molecule has 26 heavy (non-hydrogen) atoms. The molecule has 0 saturated heterocycles. The Morgan fingerprint density at radius 2 is 1.88 bits per heavy atom. The number of amides is 3. The monoisotopic (exact) mass is 360 g/mol. The molecule has 2 aromatic rings. The van der Waals surface area contributed by atoms with Gasteiger partial charge in [-0.25, -0.2) is 9.89 Å². The molecule has 0 aliphatic rings. The Hall–Kier alpha value is -3.23. The lowest BCUT2D eigenvalue weighted by atomic mass is 10.1. The van der Waals surface area contributed by atoms with E-state index in [0.29, 0.717) is 23.0 Å². The molecule has 3 amide bonds. The van der Waals surface area contributed by atoms with Crippen molar-refractivity contribution in [2.75, 3.05) is 13.2 Å². The van der Waals surface area contributed by atoms with E-state index in [1.165, 1.54) is 0 Å². The van der Waals surface area contributed by atoms with Gasteiger partial charge in [-0.3, -0.25) is 19.7 Å². The molecule has 0 aliphatic heterocycles. The number of nitrogens with zero attached hydrogens (tertiary/aromatic N) is 1. The number of aromatic amines is 1. The maximum Gasteiger partial charge on any atom is 0.321 e. The number of carbonyl (C=O) groups is 3. The van der Waals surface area contributed by atoms with E-state index in [9.17, 15) is 19.2 Å². The van der Waals surface area contributed by atoms with E-state index in [1.54, 1.807) is 24.3 Å². The summed E-state index contributed by atoms with van der Waals surface area (Å²) in [4.78, 5) is 46.7. The lowest BCUT2D eigenvalue weighted by molar-refractivity contribution is -0.147. The van der Waals surface area contributed by atoms with Crippen LogP contribution in [0.1, 0.15) is 19.5 Å². The molecule has 0 unspecified atom stereocenters. The first-order valence-corrected chi connectivity index (χ1v) is 8.06. The van der Waals surface area contributed by atoms with Crippen LogP contribution < -0.4 is 16.2 Å². The fourth-order valence-corrected chi connectivity index (χ4v) is 2.14. The van der Waals surface area contributed by atoms with E-state index in [0.717, 1.165) is 0 Å². The Kier molecular flexibility index (Phi) is 6.42. The van der Waals surface area contributed by atoms with Gasteiger partial charge in [0.15, 0.2) is 6.61 Å². The van der Waals surface area contributed by atoms with Crippen LogP contribution in [-0.2, 0) is 20.7 Å². The largest absolute Gasteiger partial charge is 0.455 e. The summed E-state index contributed by atoms with van der Waals surface area (Å²) in [6.45, 7) is 3.66. The fraction of sp³-hybridized carbons (Fsp3) is 0.353. The highest BCUT2D eigenvalue weighted by Crippen LogP contribution is 2.13. The number of nitrogens with one attached hydrogen (secondary N) is 3. The van der Waals surface area contributed by atoms with Gasteiger partial charge in [-0.15, -0.1) is 0 Å². The van der Waals surface area contributed by atoms with Crippen LogP contribution in [0.3, 0.4) is 0 Å². The Morgan fingerprint density at radius 1 is 1.19 bits per heavy atom. The molecule has 0 aliphatic carbocycles. The van der Waals surface area contributed by atoms with Crippen LogP contribution in [0, 0.1) is 5.92 Å². The second kappa shape index (κ2) is 8.75. The number of H-pyrrole nitrogens is 1. The summed E-state index contributed by atoms with van der Waals surface area (Å²) in [7, 11) is 0. The SMILES string of the molecule is CC(C)CNC(=O)NC(=O)COC(=O)Cc1n[nH]c(=O)c2ccccc12. The molecule has 1 aromatic heterocycles. The number of imide groups is 1. The summed E-state index contributed by atoms with van der Waals surface area (Å²) in [5.74, 6) is -1.19. The number of benzene rings is 1. The van der Waals surface area contributed by atoms with Gasteiger partial charge in [-0.1, -0.05) is 32.0 Å². The van der Waals surface area contributed by atoms with Crippen LogP contribution in [-0.4, -0.2) is 41.3 Å². The number of fused-ring (bicyclic) bond motifs is 1. The lowest BCUT2D eigenvalue weighted by Crippen LogP contribution is -2.42. The number of carbonyl (C=O) groups excluding carboxylic acids is 3. The van der Waals surface area contributed by atoms with Crippen LogP contribution in [0.15, 0.2) is 29.1 Å². The van der Waals surface area contributed by atoms with Crippen molar-refractivity contribution in [1.82, 2.24) is 20.8 Å². The molecule has 9 nitrogen and oxygen atoms in total. The minimum Gasteiger partial charge on any atom is -0.455 e. The number of esters is 1. The van der Waals surface area contributed by atoms with Gasteiger partial charge in [0, 0.05) is 11.9 Å². The molecule has 2 rings (SSSR count). The minimum atomic E-state index is -0.737. The van der Waals surface area contributed by atoms with Gasteiger partial charge >= 0.3 is 12.0 Å². The summed E-state index contributed by atoms with van der Waals surface area (Å²) in [6, 6.07) is 6.07. The Bertz CT molecular complexity index is 875. The van der Waals surface area contributed by atoms with Crippen LogP contribution in [0.2, 0.25) is 0 Å². The van der Waals surface area contributed by atoms with Gasteiger partial charge in [0.25, 0.3) is 11.5 Å². The van der Waals surface area contributed by atoms with Crippen LogP contribution >= 0.6 is 0 Å². The van der Waals surface area contributed by atoms with E-state index in [2.05, 4.69) is 20.8 Å². The average Bonchev–Trinajstić information content (AvgIpc) is 2.61. The third kappa shape index (κ3) is 5.40. The van der Waals surface area contributed by atoms with E-state index in [4.69, 9.17) is 4.74 Å². The molecule has 1 heterocycles. The predicted molar refractivity (Wildman–Crippen MR) is 93.4 cm³/mol. The van der Waals surface area contributed by atoms with Crippen LogP contribution in [0.5, 0.6) is 0 Å². The molecular weight excluding hydrogens is 340 g/mol. The van der Waals surface area contributed by atoms with Crippen molar-refractivity contribution in [3.63, 3.8) is 0 Å². The summed E-state index contributed by atoms with van der Waals surface area (Å²) >= 11 is 0. The first-order chi connectivity index (χ1) is 12.4. The lowest BCUT2D eigenvalue weighted by Gasteiger charge is -2.09. The Balaban J connectivity index is 1.88. The van der Waals surface area contributed by atoms with Crippen molar-refractivity contribution in [3.05, 3.63) is 40.3 Å². The first-order valence-electron chi connectivity index (χ1n) is 8.06. The number of hydrogen-bond acceptors (Lipinski definition) is 6. The highest BCUT2D eigenvalue weighted by molar-refractivity contribution is 5.95. The van der Waals surface area contributed by atoms with E-state index < -0.39 is 24.5 Å². The van der Waals surface area contributed by atoms with Gasteiger partial charge in [-0.2, -0.15) is 5.10 Å². The van der Waals surface area contributed by atoms with Crippen molar-refractivity contribution in [2.24, 2.45) is 5.92 Å². The summed E-state index contributed by atoms with van der Waals surface area (Å²) in [5.41, 5.74) is -0.0233. The van der Waals surface area contributed by atoms with Gasteiger partial charge in [0.2, 0.25) is 0 Å². The quantitative estimate of drug-likeness (QED) is 0.643. The zero-order valence-corrected chi connectivity index (χ0v) is 14.5. The van der Waals surface area contributed by atoms with Crippen molar-refractivity contribution < 1.29 is 19.1 Å². The van der Waals surface area contributed by atoms with Gasteiger partial charge in [-0.05, 0) is 12.0 Å². The molecule has 0 spiro atoms. The zero-order chi connectivity index (χ0) is 19.1. The van der Waals surface area contributed by atoms with E-state index in [-0.39, 0.29) is 17.9 Å². The second-order valence-corrected chi connectivity index (χ2v) is 6.03. The van der Waals surface area contributed by atoms with Crippen molar-refractivity contribution in [1.29, 1.82) is 0 Å². The number of urea groups is 1. The highest BCUT2D eigenvalue weighted by Gasteiger charge is 2.14. The standard InChI is InChI=1S/C17H20N4O5/c1-10(2)8-18-17(25)19-14(22)9-26-15(23)7-13-11-5-3-4-6-12(11)16(24)21-20-13/h3-6,10H,7-9H2,1-2H3,(H,21,24)(H2,18,19,22,25). The van der Waals surface area contributed by atoms with E-state index >= 15 is 0 Å². The number of rotatable bonds is 6. The molecule has 0 saturated carbocycles. The Labute approximate surface area is 149 Å². The maximum atomic E-state index is 11.9. The van der Waals surface area contributed by atoms with Crippen molar-refractivity contribution >= 4 is 28.7 Å². The van der Waals surface area contributed by atoms with E-state index in [1.807, 2.05) is 13.8 Å². The second-order valence-electron chi connectivity index (χ2n) is 6.03. The Morgan fingerprint density at radius 3 is 2.58 bits per heavy atom. The number of ether oxygens (including phenoxy) is 1. The van der Waals surface area contributed by atoms with Gasteiger partial charge in [0.05, 0.1) is 17.5 Å². The molecule has 1 aromatic carbocycles. The highest BCUT2D eigenvalue weighted by atomic mass is 16.5. The minimum absolute atomic E-state index is 0.218. The predicted octanol–water partition coefficient (Wildman–Crippen LogP) is 0.491. The fourth-order valence-electron chi connectivity index (χ4n) is 2.14. The zero-order valence-electron chi connectivity index (χ0n) is 14.5. The normalized spacial score (nSPS) is 10.6. The van der Waals surface area contributed by atoms with Gasteiger partial charge < -0.3 is 10.1 Å². The van der Waals surface area contributed by atoms with Crippen LogP contribution in [0.4, 0.5) is 4.79 Å². The average molecular weight is 360 g/mol. The number of hydrogen-bond donors (Lipinski definition) is 3. The first kappa shape index (κ1) is 19.1. The molecule has 3 N–H and O–H groups in total. The smallest absolute Gasteiger partial charge is 0.321 e. The molecule has 138 valence electrons. The topological polar surface area (TPSA) is 130 Å². The van der Waals surface area contributed by atoms with Gasteiger partial charge in [0.1, 0.15) is 0 Å². The third-order valence-electron chi connectivity index (χ3n) is 3.37. The van der Waals surface area contributed by atoms with Crippen molar-refractivity contribution in [2.45, 2.75) is 20.3 Å². The summed E-state index contributed by atoms with van der Waals surface area (Å²) < 4.78 is 4.85. The molecule has 0 fully saturated rings. The van der Waals surface area contributed by atoms with Crippen LogP contribution in [0.25, 0.3) is 10.8 Å². The van der Waals surface area contributed by atoms with Crippen molar-refractivity contribution in [3.8, 4) is 0 Å². The summed E-state index contributed by atoms with van der Waals surface area (Å²) in [6.07, 6.45) is -0.218. The molecule has 9 heteroatoms. The number of aromatic nitrogens is 2. The molecular formula is C17H20N4O5. The molecule has 0 radical (unpaired) electrons. The molecule has 0 atom stereocenters. The maximum absolute atomic E-state index is 11.9. The molecule has 0 bridgehead atoms. The summed E-state index contributed by atoms with van der Waals surface area (Å²) in [5, 5.41) is 11.7. The third-order valence-corrected chi connectivity index (χ3v) is 3.37.